The summed E-state index contributed by atoms with van der Waals surface area (Å²) < 4.78 is 11.4. The molecule has 0 spiro atoms. The van der Waals surface area contributed by atoms with Crippen LogP contribution in [0.1, 0.15) is 17.5 Å². The molecule has 2 aliphatic heterocycles. The van der Waals surface area contributed by atoms with Gasteiger partial charge in [0.05, 0.1) is 13.2 Å². The zero-order valence-electron chi connectivity index (χ0n) is 11.5. The Bertz CT molecular complexity index is 485. The number of hydrogen-bond donors (Lipinski definition) is 0. The van der Waals surface area contributed by atoms with Crippen molar-refractivity contribution in [3.63, 3.8) is 0 Å². The molecule has 1 amide bonds. The highest BCUT2D eigenvalue weighted by molar-refractivity contribution is 9.10. The van der Waals surface area contributed by atoms with Crippen LogP contribution in [0.2, 0.25) is 0 Å². The molecule has 3 rings (SSSR count). The Labute approximate surface area is 127 Å². The topological polar surface area (TPSA) is 45.9 Å². The number of carbonyl (C=O) groups is 1. The highest BCUT2D eigenvalue weighted by Gasteiger charge is 2.37. The molecular formula is C14H19BrN2O3. The van der Waals surface area contributed by atoms with Gasteiger partial charge in [0.15, 0.2) is 10.4 Å². The van der Waals surface area contributed by atoms with Crippen molar-refractivity contribution in [2.45, 2.75) is 13.0 Å². The molecule has 2 fully saturated rings. The standard InChI is InChI=1S/C14H19BrN2O3/c1-10-8-17(14(18)12-2-3-13(15)20-12)9-11(10)16-4-6-19-7-5-16/h2-3,10-11H,4-9H2,1H3/t10-,11+/m1/s1. The van der Waals surface area contributed by atoms with Crippen LogP contribution in [0.25, 0.3) is 0 Å². The average molecular weight is 343 g/mol. The van der Waals surface area contributed by atoms with Gasteiger partial charge in [0, 0.05) is 32.2 Å². The molecule has 0 radical (unpaired) electrons. The molecule has 2 saturated heterocycles. The van der Waals surface area contributed by atoms with Gasteiger partial charge in [-0.15, -0.1) is 0 Å². The smallest absolute Gasteiger partial charge is 0.289 e. The number of furan rings is 1. The predicted molar refractivity (Wildman–Crippen MR) is 77.7 cm³/mol. The fraction of sp³-hybridized carbons (Fsp3) is 0.643. The number of morpholine rings is 1. The van der Waals surface area contributed by atoms with Gasteiger partial charge in [-0.25, -0.2) is 0 Å². The highest BCUT2D eigenvalue weighted by Crippen LogP contribution is 2.25. The number of ether oxygens (including phenoxy) is 1. The van der Waals surface area contributed by atoms with Crippen LogP contribution in [0.3, 0.4) is 0 Å². The molecule has 0 bridgehead atoms. The van der Waals surface area contributed by atoms with E-state index in [2.05, 4.69) is 27.8 Å². The highest BCUT2D eigenvalue weighted by atomic mass is 79.9. The van der Waals surface area contributed by atoms with Crippen LogP contribution in [0.4, 0.5) is 0 Å². The van der Waals surface area contributed by atoms with Crippen LogP contribution >= 0.6 is 15.9 Å². The summed E-state index contributed by atoms with van der Waals surface area (Å²) in [5, 5.41) is 0. The van der Waals surface area contributed by atoms with Gasteiger partial charge in [0.1, 0.15) is 0 Å². The van der Waals surface area contributed by atoms with E-state index in [4.69, 9.17) is 9.15 Å². The maximum Gasteiger partial charge on any atom is 0.289 e. The van der Waals surface area contributed by atoms with E-state index in [0.717, 1.165) is 39.4 Å². The second kappa shape index (κ2) is 5.87. The first-order valence-corrected chi connectivity index (χ1v) is 7.81. The van der Waals surface area contributed by atoms with E-state index in [0.29, 0.717) is 22.4 Å². The number of rotatable bonds is 2. The third-order valence-corrected chi connectivity index (χ3v) is 4.58. The predicted octanol–water partition coefficient (Wildman–Crippen LogP) is 1.83. The second-order valence-electron chi connectivity index (χ2n) is 5.51. The number of halogens is 1. The quantitative estimate of drug-likeness (QED) is 0.822. The lowest BCUT2D eigenvalue weighted by molar-refractivity contribution is 0.0119. The SMILES string of the molecule is C[C@@H]1CN(C(=O)c2ccc(Br)o2)C[C@@H]1N1CCOCC1. The monoisotopic (exact) mass is 342 g/mol. The summed E-state index contributed by atoms with van der Waals surface area (Å²) in [6.45, 7) is 7.29. The van der Waals surface area contributed by atoms with Crippen molar-refractivity contribution in [1.82, 2.24) is 9.80 Å². The zero-order valence-corrected chi connectivity index (χ0v) is 13.1. The second-order valence-corrected chi connectivity index (χ2v) is 6.29. The van der Waals surface area contributed by atoms with E-state index < -0.39 is 0 Å². The third kappa shape index (κ3) is 2.77. The Morgan fingerprint density at radius 1 is 1.30 bits per heavy atom. The van der Waals surface area contributed by atoms with E-state index in [1.807, 2.05) is 4.90 Å². The first kappa shape index (κ1) is 14.1. The molecule has 110 valence electrons. The minimum absolute atomic E-state index is 0.0155. The number of likely N-dealkylation sites (tertiary alicyclic amines) is 1. The van der Waals surface area contributed by atoms with Crippen molar-refractivity contribution in [2.24, 2.45) is 5.92 Å². The van der Waals surface area contributed by atoms with E-state index >= 15 is 0 Å². The zero-order chi connectivity index (χ0) is 14.1. The van der Waals surface area contributed by atoms with Crippen LogP contribution in [0.5, 0.6) is 0 Å². The van der Waals surface area contributed by atoms with Crippen molar-refractivity contribution >= 4 is 21.8 Å². The van der Waals surface area contributed by atoms with Gasteiger partial charge in [-0.3, -0.25) is 9.69 Å². The molecule has 0 N–H and O–H groups in total. The molecule has 2 atom stereocenters. The Morgan fingerprint density at radius 2 is 2.05 bits per heavy atom. The van der Waals surface area contributed by atoms with Crippen LogP contribution in [-0.2, 0) is 4.74 Å². The minimum Gasteiger partial charge on any atom is -0.444 e. The van der Waals surface area contributed by atoms with Gasteiger partial charge in [-0.05, 0) is 34.0 Å². The van der Waals surface area contributed by atoms with Crippen molar-refractivity contribution in [2.75, 3.05) is 39.4 Å². The fourth-order valence-corrected chi connectivity index (χ4v) is 3.39. The summed E-state index contributed by atoms with van der Waals surface area (Å²) in [5.41, 5.74) is 0. The normalized spacial score (nSPS) is 28.0. The van der Waals surface area contributed by atoms with Gasteiger partial charge in [0.2, 0.25) is 0 Å². The molecular weight excluding hydrogens is 324 g/mol. The van der Waals surface area contributed by atoms with Crippen molar-refractivity contribution in [3.05, 3.63) is 22.6 Å². The summed E-state index contributed by atoms with van der Waals surface area (Å²) >= 11 is 3.24. The van der Waals surface area contributed by atoms with Gasteiger partial charge in [-0.2, -0.15) is 0 Å². The molecule has 0 unspecified atom stereocenters. The molecule has 2 aliphatic rings. The molecule has 1 aromatic rings. The van der Waals surface area contributed by atoms with E-state index in [-0.39, 0.29) is 5.91 Å². The lowest BCUT2D eigenvalue weighted by Crippen LogP contribution is -2.47. The van der Waals surface area contributed by atoms with Gasteiger partial charge < -0.3 is 14.1 Å². The number of carbonyl (C=O) groups excluding carboxylic acids is 1. The molecule has 0 aliphatic carbocycles. The maximum absolute atomic E-state index is 12.4. The average Bonchev–Trinajstić information content (AvgIpc) is 3.05. The van der Waals surface area contributed by atoms with E-state index in [1.54, 1.807) is 12.1 Å². The maximum atomic E-state index is 12.4. The van der Waals surface area contributed by atoms with Crippen LogP contribution in [0, 0.1) is 5.92 Å². The minimum atomic E-state index is -0.0155. The molecule has 5 nitrogen and oxygen atoms in total. The summed E-state index contributed by atoms with van der Waals surface area (Å²) in [5.74, 6) is 0.875. The van der Waals surface area contributed by atoms with E-state index in [1.165, 1.54) is 0 Å². The van der Waals surface area contributed by atoms with Crippen LogP contribution < -0.4 is 0 Å². The lowest BCUT2D eigenvalue weighted by Gasteiger charge is -2.33. The number of hydrogen-bond acceptors (Lipinski definition) is 4. The fourth-order valence-electron chi connectivity index (χ4n) is 3.08. The van der Waals surface area contributed by atoms with Crippen LogP contribution in [0.15, 0.2) is 21.2 Å². The Morgan fingerprint density at radius 3 is 2.70 bits per heavy atom. The molecule has 6 heteroatoms. The molecule has 1 aromatic heterocycles. The van der Waals surface area contributed by atoms with Crippen molar-refractivity contribution in [3.8, 4) is 0 Å². The van der Waals surface area contributed by atoms with Crippen LogP contribution in [-0.4, -0.2) is 61.1 Å². The molecule has 3 heterocycles. The molecule has 0 saturated carbocycles. The number of amides is 1. The van der Waals surface area contributed by atoms with Crippen molar-refractivity contribution < 1.29 is 13.9 Å². The first-order valence-electron chi connectivity index (χ1n) is 7.01. The van der Waals surface area contributed by atoms with Crippen molar-refractivity contribution in [1.29, 1.82) is 0 Å². The summed E-state index contributed by atoms with van der Waals surface area (Å²) in [6, 6.07) is 3.91. The third-order valence-electron chi connectivity index (χ3n) is 4.16. The Balaban J connectivity index is 1.66. The van der Waals surface area contributed by atoms with Gasteiger partial charge >= 0.3 is 0 Å². The number of nitrogens with zero attached hydrogens (tertiary/aromatic N) is 2. The lowest BCUT2D eigenvalue weighted by atomic mass is 10.0. The Kier molecular flexibility index (Phi) is 4.14. The largest absolute Gasteiger partial charge is 0.444 e. The molecule has 20 heavy (non-hydrogen) atoms. The van der Waals surface area contributed by atoms with Gasteiger partial charge in [-0.1, -0.05) is 6.92 Å². The summed E-state index contributed by atoms with van der Waals surface area (Å²) in [6.07, 6.45) is 0. The summed E-state index contributed by atoms with van der Waals surface area (Å²) in [7, 11) is 0. The molecule has 0 aromatic carbocycles. The first-order chi connectivity index (χ1) is 9.65. The van der Waals surface area contributed by atoms with E-state index in [9.17, 15) is 4.79 Å². The Hall–Kier alpha value is -0.850. The van der Waals surface area contributed by atoms with Gasteiger partial charge in [0.25, 0.3) is 5.91 Å². The summed E-state index contributed by atoms with van der Waals surface area (Å²) in [4.78, 5) is 16.7.